The average molecular weight is 268 g/mol. The van der Waals surface area contributed by atoms with Gasteiger partial charge in [-0.05, 0) is 37.5 Å². The van der Waals surface area contributed by atoms with Crippen molar-refractivity contribution in [2.75, 3.05) is 13.1 Å². The van der Waals surface area contributed by atoms with E-state index in [-0.39, 0.29) is 6.04 Å². The zero-order valence-electron chi connectivity index (χ0n) is 10.7. The van der Waals surface area contributed by atoms with Crippen LogP contribution in [0.25, 0.3) is 0 Å². The Hall–Kier alpha value is -0.910. The fraction of sp³-hybridized carbons (Fsp3) is 0.538. The fourth-order valence-corrected chi connectivity index (χ4v) is 3.71. The molecule has 1 unspecified atom stereocenters. The zero-order valence-corrected chi connectivity index (χ0v) is 11.5. The van der Waals surface area contributed by atoms with Gasteiger partial charge in [0.25, 0.3) is 0 Å². The molecule has 1 fully saturated rings. The van der Waals surface area contributed by atoms with E-state index in [4.69, 9.17) is 5.73 Å². The summed E-state index contributed by atoms with van der Waals surface area (Å²) in [6.45, 7) is 3.16. The number of hydrogen-bond donors (Lipinski definition) is 1. The maximum absolute atomic E-state index is 12.4. The number of piperidine rings is 1. The van der Waals surface area contributed by atoms with Crippen molar-refractivity contribution in [1.82, 2.24) is 4.31 Å². The second-order valence-electron chi connectivity index (χ2n) is 4.82. The van der Waals surface area contributed by atoms with Crippen molar-refractivity contribution in [3.8, 4) is 0 Å². The molecule has 0 aliphatic carbocycles. The molecule has 0 saturated carbocycles. The lowest BCUT2D eigenvalue weighted by Crippen LogP contribution is -2.35. The number of nitrogens with zero attached hydrogens (tertiary/aromatic N) is 1. The zero-order chi connectivity index (χ0) is 13.2. The number of hydrogen-bond acceptors (Lipinski definition) is 3. The molecule has 0 bridgehead atoms. The Morgan fingerprint density at radius 3 is 2.17 bits per heavy atom. The molecule has 1 aliphatic rings. The molecule has 100 valence electrons. The van der Waals surface area contributed by atoms with Crippen LogP contribution >= 0.6 is 0 Å². The van der Waals surface area contributed by atoms with E-state index in [0.29, 0.717) is 18.0 Å². The highest BCUT2D eigenvalue weighted by molar-refractivity contribution is 7.89. The first-order valence-electron chi connectivity index (χ1n) is 6.37. The van der Waals surface area contributed by atoms with Gasteiger partial charge in [0.1, 0.15) is 0 Å². The van der Waals surface area contributed by atoms with Crippen molar-refractivity contribution in [3.05, 3.63) is 29.8 Å². The first kappa shape index (κ1) is 13.5. The van der Waals surface area contributed by atoms with Crippen LogP contribution < -0.4 is 5.73 Å². The first-order valence-corrected chi connectivity index (χ1v) is 7.81. The SMILES string of the molecule is CC(N)c1ccc(S(=O)(=O)N2CCCCC2)cc1. The van der Waals surface area contributed by atoms with Gasteiger partial charge < -0.3 is 5.73 Å². The molecule has 2 rings (SSSR count). The van der Waals surface area contributed by atoms with E-state index >= 15 is 0 Å². The van der Waals surface area contributed by atoms with Crippen LogP contribution in [0.5, 0.6) is 0 Å². The van der Waals surface area contributed by atoms with E-state index in [1.807, 2.05) is 6.92 Å². The summed E-state index contributed by atoms with van der Waals surface area (Å²) in [6, 6.07) is 6.82. The molecule has 5 heteroatoms. The van der Waals surface area contributed by atoms with Crippen molar-refractivity contribution in [1.29, 1.82) is 0 Å². The Morgan fingerprint density at radius 2 is 1.67 bits per heavy atom. The first-order chi connectivity index (χ1) is 8.51. The quantitative estimate of drug-likeness (QED) is 0.910. The van der Waals surface area contributed by atoms with Gasteiger partial charge in [-0.1, -0.05) is 18.6 Å². The topological polar surface area (TPSA) is 63.4 Å². The summed E-state index contributed by atoms with van der Waals surface area (Å²) in [5.74, 6) is 0. The van der Waals surface area contributed by atoms with Gasteiger partial charge in [0.15, 0.2) is 0 Å². The monoisotopic (exact) mass is 268 g/mol. The molecular weight excluding hydrogens is 248 g/mol. The van der Waals surface area contributed by atoms with Gasteiger partial charge in [0.05, 0.1) is 4.90 Å². The maximum atomic E-state index is 12.4. The lowest BCUT2D eigenvalue weighted by Gasteiger charge is -2.26. The molecule has 18 heavy (non-hydrogen) atoms. The van der Waals surface area contributed by atoms with Gasteiger partial charge in [0, 0.05) is 19.1 Å². The molecule has 1 aliphatic heterocycles. The normalized spacial score (nSPS) is 19.7. The van der Waals surface area contributed by atoms with Crippen LogP contribution in [-0.2, 0) is 10.0 Å². The largest absolute Gasteiger partial charge is 0.324 e. The summed E-state index contributed by atoms with van der Waals surface area (Å²) in [4.78, 5) is 0.369. The molecular formula is C13H20N2O2S. The molecule has 0 spiro atoms. The molecule has 1 aromatic rings. The van der Waals surface area contributed by atoms with Gasteiger partial charge in [0.2, 0.25) is 10.0 Å². The van der Waals surface area contributed by atoms with Crippen molar-refractivity contribution in [2.45, 2.75) is 37.1 Å². The van der Waals surface area contributed by atoms with Crippen LogP contribution in [-0.4, -0.2) is 25.8 Å². The smallest absolute Gasteiger partial charge is 0.243 e. The van der Waals surface area contributed by atoms with Crippen molar-refractivity contribution in [3.63, 3.8) is 0 Å². The van der Waals surface area contributed by atoms with Crippen molar-refractivity contribution < 1.29 is 8.42 Å². The van der Waals surface area contributed by atoms with Crippen LogP contribution in [0.4, 0.5) is 0 Å². The van der Waals surface area contributed by atoms with Crippen LogP contribution in [0.2, 0.25) is 0 Å². The molecule has 1 atom stereocenters. The van der Waals surface area contributed by atoms with Gasteiger partial charge in [-0.2, -0.15) is 4.31 Å². The summed E-state index contributed by atoms with van der Waals surface area (Å²) in [5.41, 5.74) is 6.71. The Morgan fingerprint density at radius 1 is 1.11 bits per heavy atom. The minimum absolute atomic E-state index is 0.0725. The number of benzene rings is 1. The van der Waals surface area contributed by atoms with Crippen molar-refractivity contribution >= 4 is 10.0 Å². The minimum atomic E-state index is -3.31. The molecule has 1 aromatic carbocycles. The highest BCUT2D eigenvalue weighted by Gasteiger charge is 2.25. The summed E-state index contributed by atoms with van der Waals surface area (Å²) in [5, 5.41) is 0. The molecule has 0 amide bonds. The second-order valence-corrected chi connectivity index (χ2v) is 6.76. The Balaban J connectivity index is 2.23. The maximum Gasteiger partial charge on any atom is 0.243 e. The van der Waals surface area contributed by atoms with E-state index < -0.39 is 10.0 Å². The molecule has 0 radical (unpaired) electrons. The fourth-order valence-electron chi connectivity index (χ4n) is 2.20. The summed E-state index contributed by atoms with van der Waals surface area (Å²) < 4.78 is 26.3. The highest BCUT2D eigenvalue weighted by Crippen LogP contribution is 2.21. The van der Waals surface area contributed by atoms with E-state index in [1.54, 1.807) is 28.6 Å². The second kappa shape index (κ2) is 5.38. The molecule has 2 N–H and O–H groups in total. The number of rotatable bonds is 3. The Labute approximate surface area is 109 Å². The average Bonchev–Trinajstić information content (AvgIpc) is 2.40. The molecule has 4 nitrogen and oxygen atoms in total. The van der Waals surface area contributed by atoms with E-state index in [1.165, 1.54) is 0 Å². The van der Waals surface area contributed by atoms with Crippen LogP contribution in [0.15, 0.2) is 29.2 Å². The van der Waals surface area contributed by atoms with Gasteiger partial charge in [-0.3, -0.25) is 0 Å². The van der Waals surface area contributed by atoms with Crippen LogP contribution in [0, 0.1) is 0 Å². The Kier molecular flexibility index (Phi) is 4.04. The van der Waals surface area contributed by atoms with Crippen LogP contribution in [0.1, 0.15) is 37.8 Å². The van der Waals surface area contributed by atoms with E-state index in [2.05, 4.69) is 0 Å². The summed E-state index contributed by atoms with van der Waals surface area (Å²) in [7, 11) is -3.31. The third-order valence-electron chi connectivity index (χ3n) is 3.36. The van der Waals surface area contributed by atoms with Crippen molar-refractivity contribution in [2.24, 2.45) is 5.73 Å². The number of sulfonamides is 1. The predicted molar refractivity (Wildman–Crippen MR) is 71.7 cm³/mol. The summed E-state index contributed by atoms with van der Waals surface area (Å²) >= 11 is 0. The Bertz CT molecular complexity index is 488. The van der Waals surface area contributed by atoms with E-state index in [9.17, 15) is 8.42 Å². The third kappa shape index (κ3) is 2.74. The predicted octanol–water partition coefficient (Wildman–Crippen LogP) is 1.88. The van der Waals surface area contributed by atoms with E-state index in [0.717, 1.165) is 24.8 Å². The van der Waals surface area contributed by atoms with Gasteiger partial charge >= 0.3 is 0 Å². The molecule has 0 aromatic heterocycles. The highest BCUT2D eigenvalue weighted by atomic mass is 32.2. The molecule has 1 heterocycles. The van der Waals surface area contributed by atoms with Crippen LogP contribution in [0.3, 0.4) is 0 Å². The third-order valence-corrected chi connectivity index (χ3v) is 5.27. The minimum Gasteiger partial charge on any atom is -0.324 e. The molecule has 1 saturated heterocycles. The number of nitrogens with two attached hydrogens (primary N) is 1. The van der Waals surface area contributed by atoms with Gasteiger partial charge in [-0.15, -0.1) is 0 Å². The lowest BCUT2D eigenvalue weighted by molar-refractivity contribution is 0.346. The van der Waals surface area contributed by atoms with Gasteiger partial charge in [-0.25, -0.2) is 8.42 Å². The lowest BCUT2D eigenvalue weighted by atomic mass is 10.1. The summed E-state index contributed by atoms with van der Waals surface area (Å²) in [6.07, 6.45) is 3.03. The standard InChI is InChI=1S/C13H20N2O2S/c1-11(14)12-5-7-13(8-6-12)18(16,17)15-9-3-2-4-10-15/h5-8,11H,2-4,9-10,14H2,1H3.